The van der Waals surface area contributed by atoms with Crippen LogP contribution in [0, 0.1) is 0 Å². The number of amides is 1. The van der Waals surface area contributed by atoms with Gasteiger partial charge in [-0.2, -0.15) is 0 Å². The van der Waals surface area contributed by atoms with Crippen molar-refractivity contribution in [1.82, 2.24) is 4.98 Å². The average molecular weight is 353 g/mol. The van der Waals surface area contributed by atoms with Crippen molar-refractivity contribution in [2.75, 3.05) is 23.8 Å². The molecule has 0 saturated carbocycles. The van der Waals surface area contributed by atoms with E-state index in [-0.39, 0.29) is 12.0 Å². The van der Waals surface area contributed by atoms with Crippen molar-refractivity contribution in [3.8, 4) is 0 Å². The summed E-state index contributed by atoms with van der Waals surface area (Å²) in [5.74, 6) is -0.131. The van der Waals surface area contributed by atoms with Gasteiger partial charge in [0.15, 0.2) is 0 Å². The number of hydrogen-bond donors (Lipinski definition) is 2. The van der Waals surface area contributed by atoms with E-state index >= 15 is 0 Å². The Bertz CT molecular complexity index is 732. The standard InChI is InChI=1S/C21H27N3O2/c1-3-15-7-5-8-16(4-2)20(15)24-21(25)17-11-18(13-22-12-17)23-14-19-9-6-10-26-19/h5,7-8,11-13,19,23H,3-4,6,9-10,14H2,1-2H3,(H,24,25). The molecule has 0 aliphatic carbocycles. The van der Waals surface area contributed by atoms with Crippen molar-refractivity contribution < 1.29 is 9.53 Å². The first-order valence-electron chi connectivity index (χ1n) is 9.43. The third-order valence-electron chi connectivity index (χ3n) is 4.80. The van der Waals surface area contributed by atoms with Crippen LogP contribution in [0.3, 0.4) is 0 Å². The fourth-order valence-electron chi connectivity index (χ4n) is 3.29. The number of carbonyl (C=O) groups is 1. The minimum atomic E-state index is -0.131. The van der Waals surface area contributed by atoms with Crippen molar-refractivity contribution in [2.45, 2.75) is 45.6 Å². The number of aryl methyl sites for hydroxylation is 2. The SMILES string of the molecule is CCc1cccc(CC)c1NC(=O)c1cncc(NCC2CCCO2)c1. The Balaban J connectivity index is 1.71. The van der Waals surface area contributed by atoms with Gasteiger partial charge in [0.25, 0.3) is 5.91 Å². The van der Waals surface area contributed by atoms with E-state index in [2.05, 4.69) is 41.6 Å². The number of ether oxygens (including phenoxy) is 1. The first-order valence-corrected chi connectivity index (χ1v) is 9.43. The quantitative estimate of drug-likeness (QED) is 0.788. The largest absolute Gasteiger partial charge is 0.381 e. The van der Waals surface area contributed by atoms with Crippen LogP contribution in [0.25, 0.3) is 0 Å². The molecule has 138 valence electrons. The van der Waals surface area contributed by atoms with Gasteiger partial charge in [-0.25, -0.2) is 0 Å². The second-order valence-electron chi connectivity index (χ2n) is 6.59. The number of rotatable bonds is 7. The van der Waals surface area contributed by atoms with Crippen LogP contribution in [0.5, 0.6) is 0 Å². The molecule has 1 aromatic heterocycles. The van der Waals surface area contributed by atoms with Crippen LogP contribution in [-0.2, 0) is 17.6 Å². The van der Waals surface area contributed by atoms with Crippen LogP contribution >= 0.6 is 0 Å². The number of para-hydroxylation sites is 1. The Labute approximate surface area is 155 Å². The number of anilines is 2. The summed E-state index contributed by atoms with van der Waals surface area (Å²) >= 11 is 0. The number of nitrogens with one attached hydrogen (secondary N) is 2. The summed E-state index contributed by atoms with van der Waals surface area (Å²) in [6.07, 6.45) is 7.54. The highest BCUT2D eigenvalue weighted by atomic mass is 16.5. The Kier molecular flexibility index (Phi) is 6.23. The minimum Gasteiger partial charge on any atom is -0.381 e. The van der Waals surface area contributed by atoms with E-state index in [0.717, 1.165) is 61.3 Å². The van der Waals surface area contributed by atoms with E-state index < -0.39 is 0 Å². The fourth-order valence-corrected chi connectivity index (χ4v) is 3.29. The number of aromatic nitrogens is 1. The maximum Gasteiger partial charge on any atom is 0.257 e. The van der Waals surface area contributed by atoms with Crippen LogP contribution in [-0.4, -0.2) is 30.1 Å². The maximum absolute atomic E-state index is 12.8. The molecule has 5 nitrogen and oxygen atoms in total. The lowest BCUT2D eigenvalue weighted by atomic mass is 10.0. The van der Waals surface area contributed by atoms with E-state index in [1.54, 1.807) is 12.4 Å². The Morgan fingerprint density at radius 1 is 1.23 bits per heavy atom. The highest BCUT2D eigenvalue weighted by Gasteiger charge is 2.16. The zero-order chi connectivity index (χ0) is 18.4. The van der Waals surface area contributed by atoms with E-state index in [9.17, 15) is 4.79 Å². The lowest BCUT2D eigenvalue weighted by molar-refractivity contribution is 0.102. The molecule has 1 saturated heterocycles. The summed E-state index contributed by atoms with van der Waals surface area (Å²) < 4.78 is 5.62. The fraction of sp³-hybridized carbons (Fsp3) is 0.429. The summed E-state index contributed by atoms with van der Waals surface area (Å²) in [5, 5.41) is 6.41. The van der Waals surface area contributed by atoms with Crippen LogP contribution < -0.4 is 10.6 Å². The van der Waals surface area contributed by atoms with Crippen LogP contribution in [0.4, 0.5) is 11.4 Å². The van der Waals surface area contributed by atoms with Gasteiger partial charge in [0.2, 0.25) is 0 Å². The monoisotopic (exact) mass is 353 g/mol. The molecule has 0 spiro atoms. The van der Waals surface area contributed by atoms with Crippen molar-refractivity contribution in [3.05, 3.63) is 53.3 Å². The van der Waals surface area contributed by atoms with Crippen LogP contribution in [0.15, 0.2) is 36.7 Å². The molecule has 3 rings (SSSR count). The number of benzene rings is 1. The molecule has 0 radical (unpaired) electrons. The first-order chi connectivity index (χ1) is 12.7. The zero-order valence-corrected chi connectivity index (χ0v) is 15.5. The van der Waals surface area contributed by atoms with E-state index in [4.69, 9.17) is 4.74 Å². The summed E-state index contributed by atoms with van der Waals surface area (Å²) in [7, 11) is 0. The van der Waals surface area contributed by atoms with Gasteiger partial charge < -0.3 is 15.4 Å². The molecule has 1 fully saturated rings. The molecule has 1 aliphatic rings. The molecule has 2 N–H and O–H groups in total. The molecule has 1 unspecified atom stereocenters. The summed E-state index contributed by atoms with van der Waals surface area (Å²) in [4.78, 5) is 17.0. The van der Waals surface area contributed by atoms with E-state index in [1.807, 2.05) is 12.1 Å². The molecule has 2 heterocycles. The minimum absolute atomic E-state index is 0.131. The van der Waals surface area contributed by atoms with E-state index in [1.165, 1.54) is 0 Å². The van der Waals surface area contributed by atoms with Gasteiger partial charge in [0.1, 0.15) is 0 Å². The van der Waals surface area contributed by atoms with Gasteiger partial charge in [-0.1, -0.05) is 32.0 Å². The first kappa shape index (κ1) is 18.4. The summed E-state index contributed by atoms with van der Waals surface area (Å²) in [5.41, 5.74) is 4.62. The number of carbonyl (C=O) groups excluding carboxylic acids is 1. The predicted molar refractivity (Wildman–Crippen MR) is 105 cm³/mol. The molecule has 0 bridgehead atoms. The highest BCUT2D eigenvalue weighted by Crippen LogP contribution is 2.23. The number of hydrogen-bond acceptors (Lipinski definition) is 4. The van der Waals surface area contributed by atoms with Gasteiger partial charge in [-0.15, -0.1) is 0 Å². The Hall–Kier alpha value is -2.40. The van der Waals surface area contributed by atoms with Crippen molar-refractivity contribution in [2.24, 2.45) is 0 Å². The van der Waals surface area contributed by atoms with Crippen molar-refractivity contribution in [3.63, 3.8) is 0 Å². The molecule has 1 amide bonds. The average Bonchev–Trinajstić information content (AvgIpc) is 3.20. The highest BCUT2D eigenvalue weighted by molar-refractivity contribution is 6.05. The van der Waals surface area contributed by atoms with Gasteiger partial charge in [0, 0.05) is 31.2 Å². The molecule has 1 aromatic carbocycles. The predicted octanol–water partition coefficient (Wildman–Crippen LogP) is 4.05. The molecule has 2 aromatic rings. The lowest BCUT2D eigenvalue weighted by Crippen LogP contribution is -2.19. The Morgan fingerprint density at radius 2 is 2.00 bits per heavy atom. The maximum atomic E-state index is 12.8. The molecule has 1 aliphatic heterocycles. The van der Waals surface area contributed by atoms with Crippen molar-refractivity contribution >= 4 is 17.3 Å². The number of nitrogens with zero attached hydrogens (tertiary/aromatic N) is 1. The topological polar surface area (TPSA) is 63.2 Å². The van der Waals surface area contributed by atoms with E-state index in [0.29, 0.717) is 5.56 Å². The summed E-state index contributed by atoms with van der Waals surface area (Å²) in [6.45, 7) is 5.78. The second kappa shape index (κ2) is 8.81. The zero-order valence-electron chi connectivity index (χ0n) is 15.5. The molecular weight excluding hydrogens is 326 g/mol. The Morgan fingerprint density at radius 3 is 2.65 bits per heavy atom. The third-order valence-corrected chi connectivity index (χ3v) is 4.80. The summed E-state index contributed by atoms with van der Waals surface area (Å²) in [6, 6.07) is 8.02. The molecular formula is C21H27N3O2. The lowest BCUT2D eigenvalue weighted by Gasteiger charge is -2.15. The van der Waals surface area contributed by atoms with Gasteiger partial charge in [-0.05, 0) is 42.9 Å². The molecule has 5 heteroatoms. The smallest absolute Gasteiger partial charge is 0.257 e. The molecule has 1 atom stereocenters. The van der Waals surface area contributed by atoms with Gasteiger partial charge >= 0.3 is 0 Å². The molecule has 26 heavy (non-hydrogen) atoms. The van der Waals surface area contributed by atoms with Crippen LogP contribution in [0.1, 0.15) is 48.2 Å². The third kappa shape index (κ3) is 4.41. The normalized spacial score (nSPS) is 16.5. The number of pyridine rings is 1. The second-order valence-corrected chi connectivity index (χ2v) is 6.59. The van der Waals surface area contributed by atoms with Gasteiger partial charge in [-0.3, -0.25) is 9.78 Å². The van der Waals surface area contributed by atoms with Crippen LogP contribution in [0.2, 0.25) is 0 Å². The van der Waals surface area contributed by atoms with Crippen molar-refractivity contribution in [1.29, 1.82) is 0 Å². The van der Waals surface area contributed by atoms with Gasteiger partial charge in [0.05, 0.1) is 17.4 Å².